The molecule has 3 aromatic rings. The van der Waals surface area contributed by atoms with Crippen LogP contribution in [-0.4, -0.2) is 0 Å². The van der Waals surface area contributed by atoms with Crippen LogP contribution >= 0.6 is 12.2 Å². The molecule has 1 heterocycles. The van der Waals surface area contributed by atoms with E-state index >= 15 is 0 Å². The van der Waals surface area contributed by atoms with Crippen LogP contribution in [0.1, 0.15) is 11.1 Å². The number of hydrogen-bond acceptors (Lipinski definition) is 3. The minimum Gasteiger partial charge on any atom is -0.455 e. The first-order valence-corrected chi connectivity index (χ1v) is 6.64. The Morgan fingerprint density at radius 2 is 1.75 bits per heavy atom. The number of aryl methyl sites for hydroxylation is 1. The molecule has 3 rings (SSSR count). The summed E-state index contributed by atoms with van der Waals surface area (Å²) >= 11 is 5.42. The fraction of sp³-hybridized carbons (Fsp3) is 0.0588. The Kier molecular flexibility index (Phi) is 3.09. The highest BCUT2D eigenvalue weighted by Crippen LogP contribution is 2.30. The molecule has 0 unspecified atom stereocenters. The first-order valence-electron chi connectivity index (χ1n) is 6.23. The third-order valence-corrected chi connectivity index (χ3v) is 3.65. The Morgan fingerprint density at radius 3 is 2.45 bits per heavy atom. The van der Waals surface area contributed by atoms with Gasteiger partial charge in [0.25, 0.3) is 0 Å². The molecule has 0 bridgehead atoms. The second-order valence-corrected chi connectivity index (χ2v) is 5.02. The average Bonchev–Trinajstić information content (AvgIpc) is 2.48. The summed E-state index contributed by atoms with van der Waals surface area (Å²) in [4.78, 5) is 0. The van der Waals surface area contributed by atoms with Gasteiger partial charge in [0, 0.05) is 10.9 Å². The standard InChI is InChI=1S/C17H11NOS/c1-11-6-8-12(9-7-11)16-14(10-18)17(20)13-4-2-3-5-15(13)19-16/h2-9H,1H3. The van der Waals surface area contributed by atoms with Crippen LogP contribution in [0.2, 0.25) is 0 Å². The Hall–Kier alpha value is -2.44. The SMILES string of the molecule is Cc1ccc(-c2oc3ccccc3c(=S)c2C#N)cc1. The molecule has 0 spiro atoms. The van der Waals surface area contributed by atoms with Gasteiger partial charge in [0.2, 0.25) is 0 Å². The van der Waals surface area contributed by atoms with Crippen molar-refractivity contribution < 1.29 is 4.42 Å². The molecule has 0 saturated heterocycles. The lowest BCUT2D eigenvalue weighted by Crippen LogP contribution is -1.88. The highest BCUT2D eigenvalue weighted by atomic mass is 32.1. The normalized spacial score (nSPS) is 10.4. The third kappa shape index (κ3) is 2.01. The van der Waals surface area contributed by atoms with E-state index in [1.807, 2.05) is 55.5 Å². The predicted molar refractivity (Wildman–Crippen MR) is 81.9 cm³/mol. The maximum atomic E-state index is 9.40. The number of rotatable bonds is 1. The number of fused-ring (bicyclic) bond motifs is 1. The lowest BCUT2D eigenvalue weighted by molar-refractivity contribution is 0.618. The first-order chi connectivity index (χ1) is 9.70. The van der Waals surface area contributed by atoms with E-state index in [1.54, 1.807) is 0 Å². The van der Waals surface area contributed by atoms with Gasteiger partial charge in [0.1, 0.15) is 17.2 Å². The van der Waals surface area contributed by atoms with Crippen molar-refractivity contribution in [2.45, 2.75) is 6.92 Å². The molecule has 0 aliphatic heterocycles. The predicted octanol–water partition coefficient (Wildman–Crippen LogP) is 5.01. The van der Waals surface area contributed by atoms with Gasteiger partial charge in [-0.1, -0.05) is 54.2 Å². The van der Waals surface area contributed by atoms with Crippen LogP contribution in [0.15, 0.2) is 52.9 Å². The Balaban J connectivity index is 2.38. The average molecular weight is 277 g/mol. The topological polar surface area (TPSA) is 36.9 Å². The van der Waals surface area contributed by atoms with Gasteiger partial charge < -0.3 is 4.42 Å². The number of para-hydroxylation sites is 1. The van der Waals surface area contributed by atoms with E-state index in [1.165, 1.54) is 0 Å². The van der Waals surface area contributed by atoms with Gasteiger partial charge in [0.05, 0.1) is 4.51 Å². The number of benzene rings is 2. The van der Waals surface area contributed by atoms with Gasteiger partial charge in [-0.15, -0.1) is 0 Å². The quantitative estimate of drug-likeness (QED) is 0.587. The summed E-state index contributed by atoms with van der Waals surface area (Å²) in [5.41, 5.74) is 3.14. The third-order valence-electron chi connectivity index (χ3n) is 3.22. The van der Waals surface area contributed by atoms with E-state index < -0.39 is 0 Å². The van der Waals surface area contributed by atoms with Gasteiger partial charge in [0.15, 0.2) is 5.76 Å². The van der Waals surface area contributed by atoms with E-state index in [-0.39, 0.29) is 0 Å². The van der Waals surface area contributed by atoms with Crippen molar-refractivity contribution in [2.24, 2.45) is 0 Å². The van der Waals surface area contributed by atoms with E-state index in [9.17, 15) is 5.26 Å². The van der Waals surface area contributed by atoms with Crippen molar-refractivity contribution in [1.29, 1.82) is 5.26 Å². The zero-order chi connectivity index (χ0) is 14.1. The van der Waals surface area contributed by atoms with Crippen LogP contribution in [0, 0.1) is 22.8 Å². The van der Waals surface area contributed by atoms with Gasteiger partial charge in [-0.25, -0.2) is 0 Å². The van der Waals surface area contributed by atoms with Crippen LogP contribution in [0.3, 0.4) is 0 Å². The molecule has 0 amide bonds. The Morgan fingerprint density at radius 1 is 1.05 bits per heavy atom. The summed E-state index contributed by atoms with van der Waals surface area (Å²) < 4.78 is 6.45. The molecule has 0 aliphatic carbocycles. The molecule has 0 radical (unpaired) electrons. The molecule has 2 nitrogen and oxygen atoms in total. The molecule has 0 aliphatic rings. The van der Waals surface area contributed by atoms with E-state index in [2.05, 4.69) is 6.07 Å². The van der Waals surface area contributed by atoms with Crippen LogP contribution in [-0.2, 0) is 0 Å². The zero-order valence-corrected chi connectivity index (χ0v) is 11.7. The second kappa shape index (κ2) is 4.92. The van der Waals surface area contributed by atoms with E-state index in [0.29, 0.717) is 21.4 Å². The largest absolute Gasteiger partial charge is 0.455 e. The van der Waals surface area contributed by atoms with Crippen LogP contribution in [0.25, 0.3) is 22.3 Å². The van der Waals surface area contributed by atoms with E-state index in [0.717, 1.165) is 16.5 Å². The van der Waals surface area contributed by atoms with Crippen LogP contribution < -0.4 is 0 Å². The minimum absolute atomic E-state index is 0.419. The van der Waals surface area contributed by atoms with Crippen molar-refractivity contribution >= 4 is 23.2 Å². The van der Waals surface area contributed by atoms with Crippen LogP contribution in [0.4, 0.5) is 0 Å². The Bertz CT molecular complexity index is 885. The number of nitriles is 1. The fourth-order valence-corrected chi connectivity index (χ4v) is 2.46. The summed E-state index contributed by atoms with van der Waals surface area (Å²) in [6.07, 6.45) is 0. The lowest BCUT2D eigenvalue weighted by Gasteiger charge is -2.07. The summed E-state index contributed by atoms with van der Waals surface area (Å²) in [5, 5.41) is 10.2. The smallest absolute Gasteiger partial charge is 0.153 e. The van der Waals surface area contributed by atoms with Gasteiger partial charge in [-0.2, -0.15) is 5.26 Å². The highest BCUT2D eigenvalue weighted by molar-refractivity contribution is 7.71. The molecule has 3 heteroatoms. The number of nitrogens with zero attached hydrogens (tertiary/aromatic N) is 1. The van der Waals surface area contributed by atoms with Crippen molar-refractivity contribution in [3.8, 4) is 17.4 Å². The summed E-state index contributed by atoms with van der Waals surface area (Å²) in [6, 6.07) is 17.6. The van der Waals surface area contributed by atoms with E-state index in [4.69, 9.17) is 16.6 Å². The molecule has 0 fully saturated rings. The number of hydrogen-bond donors (Lipinski definition) is 0. The minimum atomic E-state index is 0.419. The molecule has 0 atom stereocenters. The summed E-state index contributed by atoms with van der Waals surface area (Å²) in [5.74, 6) is 0.538. The second-order valence-electron chi connectivity index (χ2n) is 4.61. The first kappa shape index (κ1) is 12.6. The lowest BCUT2D eigenvalue weighted by atomic mass is 10.0. The highest BCUT2D eigenvalue weighted by Gasteiger charge is 2.13. The van der Waals surface area contributed by atoms with Gasteiger partial charge in [-0.05, 0) is 19.1 Å². The zero-order valence-electron chi connectivity index (χ0n) is 10.9. The van der Waals surface area contributed by atoms with Crippen LogP contribution in [0.5, 0.6) is 0 Å². The van der Waals surface area contributed by atoms with Crippen molar-refractivity contribution in [3.05, 3.63) is 64.2 Å². The fourth-order valence-electron chi connectivity index (χ4n) is 2.15. The molecular weight excluding hydrogens is 266 g/mol. The molecule has 2 aromatic carbocycles. The molecule has 20 heavy (non-hydrogen) atoms. The molecule has 1 aromatic heterocycles. The molecule has 0 saturated carbocycles. The van der Waals surface area contributed by atoms with Crippen molar-refractivity contribution in [3.63, 3.8) is 0 Å². The monoisotopic (exact) mass is 277 g/mol. The summed E-state index contributed by atoms with van der Waals surface area (Å²) in [7, 11) is 0. The summed E-state index contributed by atoms with van der Waals surface area (Å²) in [6.45, 7) is 2.02. The van der Waals surface area contributed by atoms with Gasteiger partial charge >= 0.3 is 0 Å². The molecule has 96 valence electrons. The maximum absolute atomic E-state index is 9.40. The maximum Gasteiger partial charge on any atom is 0.153 e. The van der Waals surface area contributed by atoms with Crippen molar-refractivity contribution in [2.75, 3.05) is 0 Å². The van der Waals surface area contributed by atoms with Gasteiger partial charge in [-0.3, -0.25) is 0 Å². The molecule has 0 N–H and O–H groups in total. The Labute approximate surface area is 121 Å². The van der Waals surface area contributed by atoms with Crippen molar-refractivity contribution in [1.82, 2.24) is 0 Å². The molecular formula is C17H11NOS.